The number of H-pyrrole nitrogens is 1. The fourth-order valence-electron chi connectivity index (χ4n) is 2.36. The van der Waals surface area contributed by atoms with Crippen LogP contribution in [0.25, 0.3) is 0 Å². The molecule has 198 valence electrons. The molecule has 0 bridgehead atoms. The maximum atomic E-state index is 13.5. The van der Waals surface area contributed by atoms with Crippen molar-refractivity contribution in [2.24, 2.45) is 0 Å². The minimum absolute atomic E-state index is 0.273. The number of hydrogen-bond acceptors (Lipinski definition) is 5. The van der Waals surface area contributed by atoms with Gasteiger partial charge < -0.3 is 15.1 Å². The molecule has 2 rings (SSSR count). The molecule has 0 aliphatic heterocycles. The second kappa shape index (κ2) is 13.6. The number of pyridine rings is 1. The number of nitrogens with zero attached hydrogens (tertiary/aromatic N) is 3. The Morgan fingerprint density at radius 1 is 1.03 bits per heavy atom. The fourth-order valence-corrected chi connectivity index (χ4v) is 2.36. The predicted molar refractivity (Wildman–Crippen MR) is 104 cm³/mol. The molecular formula is C19H22F8N4O4. The zero-order valence-corrected chi connectivity index (χ0v) is 18.6. The molecule has 0 aliphatic carbocycles. The number of carbonyl (C=O) groups is 2. The Morgan fingerprint density at radius 2 is 1.51 bits per heavy atom. The quantitative estimate of drug-likeness (QED) is 0.490. The monoisotopic (exact) mass is 522 g/mol. The summed E-state index contributed by atoms with van der Waals surface area (Å²) in [5, 5.41) is 21.4. The van der Waals surface area contributed by atoms with Crippen molar-refractivity contribution in [3.8, 4) is 0 Å². The van der Waals surface area contributed by atoms with E-state index in [9.17, 15) is 35.1 Å². The third-order valence-corrected chi connectivity index (χ3v) is 4.04. The second-order valence-electron chi connectivity index (χ2n) is 6.94. The molecule has 2 heterocycles. The van der Waals surface area contributed by atoms with Crippen LogP contribution in [0.2, 0.25) is 0 Å². The number of aliphatic carboxylic acids is 2. The zero-order valence-electron chi connectivity index (χ0n) is 18.6. The topological polar surface area (TPSA) is 119 Å². The Hall–Kier alpha value is -3.30. The molecule has 0 atom stereocenters. The Kier molecular flexibility index (Phi) is 12.3. The first-order valence-electron chi connectivity index (χ1n) is 9.45. The minimum atomic E-state index is -5.08. The van der Waals surface area contributed by atoms with E-state index in [1.165, 1.54) is 5.56 Å². The number of aromatic amines is 1. The highest BCUT2D eigenvalue weighted by Crippen LogP contribution is 2.14. The van der Waals surface area contributed by atoms with E-state index in [0.29, 0.717) is 6.54 Å². The van der Waals surface area contributed by atoms with Crippen molar-refractivity contribution >= 4 is 11.9 Å². The first kappa shape index (κ1) is 31.7. The number of alkyl halides is 6. The van der Waals surface area contributed by atoms with Crippen molar-refractivity contribution in [2.45, 2.75) is 45.6 Å². The molecule has 3 N–H and O–H groups in total. The number of rotatable bonds is 6. The van der Waals surface area contributed by atoms with Gasteiger partial charge in [0.15, 0.2) is 0 Å². The molecule has 0 aliphatic rings. The van der Waals surface area contributed by atoms with E-state index in [0.717, 1.165) is 43.0 Å². The van der Waals surface area contributed by atoms with Gasteiger partial charge in [-0.05, 0) is 45.8 Å². The van der Waals surface area contributed by atoms with E-state index in [1.807, 2.05) is 25.8 Å². The predicted octanol–water partition coefficient (Wildman–Crippen LogP) is 4.03. The van der Waals surface area contributed by atoms with Gasteiger partial charge in [0, 0.05) is 18.3 Å². The van der Waals surface area contributed by atoms with Gasteiger partial charge in [0.05, 0.1) is 17.6 Å². The van der Waals surface area contributed by atoms with Gasteiger partial charge in [-0.3, -0.25) is 10.1 Å². The normalized spacial score (nSPS) is 11.3. The number of halogens is 8. The fraction of sp³-hybridized carbons (Fsp3) is 0.474. The van der Waals surface area contributed by atoms with Crippen molar-refractivity contribution in [3.05, 3.63) is 46.5 Å². The lowest BCUT2D eigenvalue weighted by molar-refractivity contribution is -0.193. The number of aryl methyl sites for hydroxylation is 2. The van der Waals surface area contributed by atoms with Crippen molar-refractivity contribution in [1.29, 1.82) is 0 Å². The number of carboxylic acids is 2. The number of hydrogen-bond donors (Lipinski definition) is 3. The van der Waals surface area contributed by atoms with Gasteiger partial charge in [-0.25, -0.2) is 18.4 Å². The summed E-state index contributed by atoms with van der Waals surface area (Å²) >= 11 is 0. The number of nitrogens with one attached hydrogen (secondary N) is 1. The summed E-state index contributed by atoms with van der Waals surface area (Å²) in [5.74, 6) is -6.76. The highest BCUT2D eigenvalue weighted by atomic mass is 19.4. The summed E-state index contributed by atoms with van der Waals surface area (Å²) in [5.41, 5.74) is 3.65. The molecule has 0 fully saturated rings. The first-order chi connectivity index (χ1) is 15.9. The molecule has 2 aromatic heterocycles. The van der Waals surface area contributed by atoms with Crippen molar-refractivity contribution < 1.29 is 54.9 Å². The van der Waals surface area contributed by atoms with E-state index < -0.39 is 35.9 Å². The van der Waals surface area contributed by atoms with Gasteiger partial charge in [-0.1, -0.05) is 0 Å². The van der Waals surface area contributed by atoms with Crippen LogP contribution in [0.1, 0.15) is 29.1 Å². The molecule has 0 saturated heterocycles. The third-order valence-electron chi connectivity index (χ3n) is 4.04. The summed E-state index contributed by atoms with van der Waals surface area (Å²) in [4.78, 5) is 23.6. The van der Waals surface area contributed by atoms with Crippen LogP contribution in [-0.2, 0) is 22.6 Å². The summed E-state index contributed by atoms with van der Waals surface area (Å²) in [7, 11) is 1.90. The van der Waals surface area contributed by atoms with Gasteiger partial charge in [0.1, 0.15) is 11.6 Å². The standard InChI is InChI=1S/C15H20F2N4.2C2HF3O2/c1-10-13(11(2)20-19-10)5-4-6-21(3)9-15-14(17)7-12(16)8-18-15;2*3-2(4,5)1(6)7/h7-8H,4-6,9H2,1-3H3,(H,19,20);2*(H,6,7). The van der Waals surface area contributed by atoms with E-state index in [2.05, 4.69) is 15.2 Å². The molecule has 16 heteroatoms. The molecular weight excluding hydrogens is 500 g/mol. The summed E-state index contributed by atoms with van der Waals surface area (Å²) in [6, 6.07) is 0.869. The smallest absolute Gasteiger partial charge is 0.475 e. The minimum Gasteiger partial charge on any atom is -0.475 e. The van der Waals surface area contributed by atoms with Crippen LogP contribution in [-0.4, -0.2) is 68.2 Å². The molecule has 0 amide bonds. The summed E-state index contributed by atoms with van der Waals surface area (Å²) in [6.07, 6.45) is -7.25. The van der Waals surface area contributed by atoms with Gasteiger partial charge in [0.2, 0.25) is 0 Å². The Bertz CT molecular complexity index is 933. The Morgan fingerprint density at radius 3 is 1.89 bits per heavy atom. The van der Waals surface area contributed by atoms with E-state index in [1.54, 1.807) is 0 Å². The van der Waals surface area contributed by atoms with E-state index >= 15 is 0 Å². The lowest BCUT2D eigenvalue weighted by Gasteiger charge is -2.16. The molecule has 0 unspecified atom stereocenters. The Balaban J connectivity index is 0.000000680. The average molecular weight is 522 g/mol. The lowest BCUT2D eigenvalue weighted by Crippen LogP contribution is -2.21. The average Bonchev–Trinajstić information content (AvgIpc) is 3.02. The highest BCUT2D eigenvalue weighted by Gasteiger charge is 2.38. The van der Waals surface area contributed by atoms with Gasteiger partial charge in [-0.15, -0.1) is 0 Å². The SMILES string of the molecule is Cc1n[nH]c(C)c1CCCN(C)Cc1ncc(F)cc1F.O=C(O)C(F)(F)F.O=C(O)C(F)(F)F. The molecule has 0 aromatic carbocycles. The molecule has 0 spiro atoms. The van der Waals surface area contributed by atoms with Crippen LogP contribution in [0.5, 0.6) is 0 Å². The zero-order chi connectivity index (χ0) is 27.6. The molecule has 0 saturated carbocycles. The van der Waals surface area contributed by atoms with Crippen molar-refractivity contribution in [3.63, 3.8) is 0 Å². The van der Waals surface area contributed by atoms with Crippen LogP contribution < -0.4 is 0 Å². The van der Waals surface area contributed by atoms with Crippen LogP contribution >= 0.6 is 0 Å². The number of aromatic nitrogens is 3. The number of carboxylic acid groups (broad SMARTS) is 2. The Labute approximate surface area is 193 Å². The van der Waals surface area contributed by atoms with Gasteiger partial charge in [-0.2, -0.15) is 31.4 Å². The summed E-state index contributed by atoms with van der Waals surface area (Å²) < 4.78 is 89.8. The summed E-state index contributed by atoms with van der Waals surface area (Å²) in [6.45, 7) is 5.18. The molecule has 2 aromatic rings. The first-order valence-corrected chi connectivity index (χ1v) is 9.45. The lowest BCUT2D eigenvalue weighted by atomic mass is 10.1. The maximum absolute atomic E-state index is 13.5. The van der Waals surface area contributed by atoms with Crippen LogP contribution in [0.4, 0.5) is 35.1 Å². The highest BCUT2D eigenvalue weighted by molar-refractivity contribution is 5.73. The molecule has 35 heavy (non-hydrogen) atoms. The molecule has 8 nitrogen and oxygen atoms in total. The van der Waals surface area contributed by atoms with Gasteiger partial charge in [0.25, 0.3) is 0 Å². The van der Waals surface area contributed by atoms with Crippen LogP contribution in [0.15, 0.2) is 12.3 Å². The van der Waals surface area contributed by atoms with E-state index in [4.69, 9.17) is 19.8 Å². The van der Waals surface area contributed by atoms with Crippen LogP contribution in [0, 0.1) is 25.5 Å². The third kappa shape index (κ3) is 12.7. The maximum Gasteiger partial charge on any atom is 0.490 e. The van der Waals surface area contributed by atoms with Crippen LogP contribution in [0.3, 0.4) is 0 Å². The second-order valence-corrected chi connectivity index (χ2v) is 6.94. The van der Waals surface area contributed by atoms with Gasteiger partial charge >= 0.3 is 24.3 Å². The largest absolute Gasteiger partial charge is 0.490 e. The van der Waals surface area contributed by atoms with Crippen molar-refractivity contribution in [2.75, 3.05) is 13.6 Å². The molecule has 0 radical (unpaired) electrons. The van der Waals surface area contributed by atoms with Crippen molar-refractivity contribution in [1.82, 2.24) is 20.1 Å². The van der Waals surface area contributed by atoms with E-state index in [-0.39, 0.29) is 5.69 Å².